The van der Waals surface area contributed by atoms with E-state index in [1.54, 1.807) is 48.7 Å². The van der Waals surface area contributed by atoms with Crippen LogP contribution in [0, 0.1) is 0 Å². The number of aliphatic carboxylic acids is 1. The number of rotatable bonds is 5. The molecule has 3 rings (SSSR count). The Morgan fingerprint density at radius 1 is 1.17 bits per heavy atom. The summed E-state index contributed by atoms with van der Waals surface area (Å²) in [6.07, 6.45) is 0.711. The molecule has 1 N–H and O–H groups in total. The van der Waals surface area contributed by atoms with Crippen molar-refractivity contribution in [1.82, 2.24) is 9.97 Å². The summed E-state index contributed by atoms with van der Waals surface area (Å²) in [5, 5.41) is 10.3. The normalized spacial score (nSPS) is 11.9. The molecule has 0 saturated carbocycles. The summed E-state index contributed by atoms with van der Waals surface area (Å²) in [4.78, 5) is 19.2. The molecule has 0 amide bonds. The first-order valence-electron chi connectivity index (χ1n) is 7.11. The standard InChI is InChI=1S/C17H13ClN2O4/c1-10(16(21)22)23-13-3-5-14(6-4-13)24-17-19-9-11-8-12(18)2-7-15(11)20-17/h2-10H,1H3,(H,21,22). The molecule has 0 aliphatic heterocycles. The Morgan fingerprint density at radius 2 is 1.88 bits per heavy atom. The van der Waals surface area contributed by atoms with Crippen molar-refractivity contribution in [3.8, 4) is 17.5 Å². The van der Waals surface area contributed by atoms with E-state index < -0.39 is 12.1 Å². The first kappa shape index (κ1) is 16.0. The van der Waals surface area contributed by atoms with Crippen LogP contribution >= 0.6 is 11.6 Å². The van der Waals surface area contributed by atoms with Crippen molar-refractivity contribution >= 4 is 28.5 Å². The molecule has 6 nitrogen and oxygen atoms in total. The second-order valence-electron chi connectivity index (χ2n) is 5.03. The van der Waals surface area contributed by atoms with Crippen LogP contribution in [0.4, 0.5) is 0 Å². The Hall–Kier alpha value is -2.86. The van der Waals surface area contributed by atoms with Crippen LogP contribution in [0.5, 0.6) is 17.5 Å². The van der Waals surface area contributed by atoms with Crippen LogP contribution < -0.4 is 9.47 Å². The van der Waals surface area contributed by atoms with E-state index in [4.69, 9.17) is 26.2 Å². The highest BCUT2D eigenvalue weighted by atomic mass is 35.5. The van der Waals surface area contributed by atoms with Gasteiger partial charge in [0.25, 0.3) is 0 Å². The average molecular weight is 345 g/mol. The molecule has 0 aliphatic carbocycles. The minimum absolute atomic E-state index is 0.206. The maximum absolute atomic E-state index is 10.8. The molecule has 7 heteroatoms. The highest BCUT2D eigenvalue weighted by Crippen LogP contribution is 2.24. The topological polar surface area (TPSA) is 81.5 Å². The zero-order valence-corrected chi connectivity index (χ0v) is 13.4. The molecule has 0 bridgehead atoms. The number of aromatic nitrogens is 2. The molecule has 0 aliphatic rings. The largest absolute Gasteiger partial charge is 0.479 e. The Kier molecular flexibility index (Phi) is 4.48. The van der Waals surface area contributed by atoms with Crippen molar-refractivity contribution in [3.63, 3.8) is 0 Å². The molecule has 0 saturated heterocycles. The Labute approximate surface area is 142 Å². The number of fused-ring (bicyclic) bond motifs is 1. The molecule has 1 aromatic heterocycles. The summed E-state index contributed by atoms with van der Waals surface area (Å²) in [7, 11) is 0. The van der Waals surface area contributed by atoms with Crippen LogP contribution in [0.15, 0.2) is 48.7 Å². The van der Waals surface area contributed by atoms with Crippen molar-refractivity contribution in [3.05, 3.63) is 53.7 Å². The van der Waals surface area contributed by atoms with E-state index in [9.17, 15) is 4.79 Å². The van der Waals surface area contributed by atoms with Crippen LogP contribution in [0.3, 0.4) is 0 Å². The number of benzene rings is 2. The molecule has 3 aromatic rings. The number of carbonyl (C=O) groups is 1. The molecule has 0 spiro atoms. The third-order valence-corrected chi connectivity index (χ3v) is 3.45. The summed E-state index contributed by atoms with van der Waals surface area (Å²) >= 11 is 5.92. The summed E-state index contributed by atoms with van der Waals surface area (Å²) in [6, 6.07) is 12.1. The highest BCUT2D eigenvalue weighted by molar-refractivity contribution is 6.31. The predicted octanol–water partition coefficient (Wildman–Crippen LogP) is 3.93. The molecular formula is C17H13ClN2O4. The Morgan fingerprint density at radius 3 is 2.58 bits per heavy atom. The molecule has 1 unspecified atom stereocenters. The third kappa shape index (κ3) is 3.72. The number of carboxylic acids is 1. The summed E-state index contributed by atoms with van der Waals surface area (Å²) in [5.74, 6) is -0.0787. The van der Waals surface area contributed by atoms with E-state index in [1.165, 1.54) is 6.92 Å². The van der Waals surface area contributed by atoms with Gasteiger partial charge in [-0.1, -0.05) is 11.6 Å². The fourth-order valence-corrected chi connectivity index (χ4v) is 2.16. The van der Waals surface area contributed by atoms with Crippen LogP contribution in [0.2, 0.25) is 5.02 Å². The van der Waals surface area contributed by atoms with Crippen molar-refractivity contribution < 1.29 is 19.4 Å². The molecular weight excluding hydrogens is 332 g/mol. The minimum Gasteiger partial charge on any atom is -0.479 e. The van der Waals surface area contributed by atoms with Gasteiger partial charge >= 0.3 is 12.0 Å². The molecule has 122 valence electrons. The van der Waals surface area contributed by atoms with Crippen LogP contribution in [0.1, 0.15) is 6.92 Å². The lowest BCUT2D eigenvalue weighted by atomic mass is 10.2. The van der Waals surface area contributed by atoms with Gasteiger partial charge in [-0.2, -0.15) is 4.98 Å². The second kappa shape index (κ2) is 6.72. The van der Waals surface area contributed by atoms with E-state index in [0.717, 1.165) is 10.9 Å². The maximum Gasteiger partial charge on any atom is 0.344 e. The van der Waals surface area contributed by atoms with Gasteiger partial charge in [-0.3, -0.25) is 0 Å². The molecule has 0 fully saturated rings. The van der Waals surface area contributed by atoms with E-state index in [1.807, 2.05) is 0 Å². The Balaban J connectivity index is 1.74. The lowest BCUT2D eigenvalue weighted by molar-refractivity contribution is -0.144. The van der Waals surface area contributed by atoms with E-state index in [-0.39, 0.29) is 6.01 Å². The smallest absolute Gasteiger partial charge is 0.344 e. The van der Waals surface area contributed by atoms with Crippen molar-refractivity contribution in [2.45, 2.75) is 13.0 Å². The number of nitrogens with zero attached hydrogens (tertiary/aromatic N) is 2. The first-order chi connectivity index (χ1) is 11.5. The van der Waals surface area contributed by atoms with Gasteiger partial charge < -0.3 is 14.6 Å². The summed E-state index contributed by atoms with van der Waals surface area (Å²) < 4.78 is 10.8. The lowest BCUT2D eigenvalue weighted by Gasteiger charge is -2.10. The van der Waals surface area contributed by atoms with Gasteiger partial charge in [-0.05, 0) is 49.4 Å². The van der Waals surface area contributed by atoms with E-state index in [0.29, 0.717) is 16.5 Å². The lowest BCUT2D eigenvalue weighted by Crippen LogP contribution is -2.22. The number of halogens is 1. The summed E-state index contributed by atoms with van der Waals surface area (Å²) in [6.45, 7) is 1.46. The number of ether oxygens (including phenoxy) is 2. The molecule has 24 heavy (non-hydrogen) atoms. The number of hydrogen-bond acceptors (Lipinski definition) is 5. The fourth-order valence-electron chi connectivity index (χ4n) is 1.98. The van der Waals surface area contributed by atoms with Gasteiger partial charge in [-0.25, -0.2) is 9.78 Å². The van der Waals surface area contributed by atoms with Crippen LogP contribution in [-0.2, 0) is 4.79 Å². The van der Waals surface area contributed by atoms with Crippen LogP contribution in [-0.4, -0.2) is 27.1 Å². The zero-order valence-electron chi connectivity index (χ0n) is 12.6. The van der Waals surface area contributed by atoms with Gasteiger partial charge in [0.15, 0.2) is 6.10 Å². The van der Waals surface area contributed by atoms with Gasteiger partial charge in [0, 0.05) is 16.6 Å². The third-order valence-electron chi connectivity index (χ3n) is 3.21. The first-order valence-corrected chi connectivity index (χ1v) is 7.49. The van der Waals surface area contributed by atoms with Gasteiger partial charge in [-0.15, -0.1) is 0 Å². The average Bonchev–Trinajstić information content (AvgIpc) is 2.56. The predicted molar refractivity (Wildman–Crippen MR) is 88.8 cm³/mol. The van der Waals surface area contributed by atoms with Crippen molar-refractivity contribution in [2.24, 2.45) is 0 Å². The molecule has 2 aromatic carbocycles. The molecule has 1 atom stereocenters. The molecule has 1 heterocycles. The van der Waals surface area contributed by atoms with Gasteiger partial charge in [0.2, 0.25) is 0 Å². The second-order valence-corrected chi connectivity index (χ2v) is 5.46. The summed E-state index contributed by atoms with van der Waals surface area (Å²) in [5.41, 5.74) is 0.722. The zero-order chi connectivity index (χ0) is 17.1. The SMILES string of the molecule is CC(Oc1ccc(Oc2ncc3cc(Cl)ccc3n2)cc1)C(=O)O. The highest BCUT2D eigenvalue weighted by Gasteiger charge is 2.12. The monoisotopic (exact) mass is 344 g/mol. The Bertz CT molecular complexity index is 883. The van der Waals surface area contributed by atoms with Gasteiger partial charge in [0.05, 0.1) is 5.52 Å². The minimum atomic E-state index is -1.03. The van der Waals surface area contributed by atoms with E-state index >= 15 is 0 Å². The number of hydrogen-bond donors (Lipinski definition) is 1. The van der Waals surface area contributed by atoms with Gasteiger partial charge in [0.1, 0.15) is 11.5 Å². The van der Waals surface area contributed by atoms with Crippen molar-refractivity contribution in [1.29, 1.82) is 0 Å². The molecule has 0 radical (unpaired) electrons. The van der Waals surface area contributed by atoms with E-state index in [2.05, 4.69) is 9.97 Å². The van der Waals surface area contributed by atoms with Crippen LogP contribution in [0.25, 0.3) is 10.9 Å². The maximum atomic E-state index is 10.8. The number of carboxylic acid groups (broad SMARTS) is 1. The van der Waals surface area contributed by atoms with Crippen molar-refractivity contribution in [2.75, 3.05) is 0 Å². The quantitative estimate of drug-likeness (QED) is 0.755. The fraction of sp³-hybridized carbons (Fsp3) is 0.118.